The molecule has 4 heteroatoms. The number of thiazole rings is 1. The molecule has 1 aliphatic heterocycles. The number of nitrogens with zero attached hydrogens (tertiary/aromatic N) is 2. The first kappa shape index (κ1) is 14.0. The molecule has 2 rings (SSSR count). The van der Waals surface area contributed by atoms with E-state index in [2.05, 4.69) is 38.0 Å². The predicted molar refractivity (Wildman–Crippen MR) is 75.9 cm³/mol. The second-order valence-corrected chi connectivity index (χ2v) is 7.37. The molecule has 0 saturated carbocycles. The zero-order valence-electron chi connectivity index (χ0n) is 11.9. The topological polar surface area (TPSA) is 36.4 Å². The van der Waals surface area contributed by atoms with Gasteiger partial charge in [0, 0.05) is 30.4 Å². The summed E-state index contributed by atoms with van der Waals surface area (Å²) in [7, 11) is 0. The van der Waals surface area contributed by atoms with Crippen LogP contribution >= 0.6 is 11.3 Å². The van der Waals surface area contributed by atoms with Crippen LogP contribution in [0.3, 0.4) is 0 Å². The smallest absolute Gasteiger partial charge is 0.0982 e. The Balaban J connectivity index is 1.87. The van der Waals surface area contributed by atoms with Crippen molar-refractivity contribution in [1.82, 2.24) is 9.88 Å². The zero-order valence-corrected chi connectivity index (χ0v) is 12.7. The molecule has 1 aliphatic rings. The fourth-order valence-corrected chi connectivity index (χ4v) is 3.37. The third-order valence-corrected chi connectivity index (χ3v) is 4.65. The second kappa shape index (κ2) is 4.91. The van der Waals surface area contributed by atoms with Crippen LogP contribution in [-0.2, 0) is 12.0 Å². The van der Waals surface area contributed by atoms with Gasteiger partial charge in [0.1, 0.15) is 0 Å². The second-order valence-electron chi connectivity index (χ2n) is 6.51. The normalized spacial score (nSPS) is 19.8. The van der Waals surface area contributed by atoms with E-state index in [4.69, 9.17) is 4.98 Å². The van der Waals surface area contributed by atoms with Crippen molar-refractivity contribution in [2.75, 3.05) is 13.1 Å². The van der Waals surface area contributed by atoms with Crippen LogP contribution in [0.2, 0.25) is 0 Å². The Kier molecular flexibility index (Phi) is 3.81. The lowest BCUT2D eigenvalue weighted by Crippen LogP contribution is -2.60. The largest absolute Gasteiger partial charge is 0.387 e. The van der Waals surface area contributed by atoms with Gasteiger partial charge in [-0.1, -0.05) is 34.1 Å². The maximum atomic E-state index is 10.1. The molecule has 1 aromatic heterocycles. The van der Waals surface area contributed by atoms with Crippen molar-refractivity contribution in [3.8, 4) is 0 Å². The van der Waals surface area contributed by atoms with E-state index >= 15 is 0 Å². The Morgan fingerprint density at radius 2 is 2.11 bits per heavy atom. The summed E-state index contributed by atoms with van der Waals surface area (Å²) < 4.78 is 0. The first-order valence-electron chi connectivity index (χ1n) is 6.72. The van der Waals surface area contributed by atoms with Crippen LogP contribution in [-0.4, -0.2) is 33.7 Å². The van der Waals surface area contributed by atoms with E-state index in [1.807, 2.05) is 0 Å². The van der Waals surface area contributed by atoms with Gasteiger partial charge in [0.05, 0.1) is 16.3 Å². The number of β-amino-alcohol motifs (C(OH)–C–C–N with tert-alkyl or cyclic N) is 1. The zero-order chi connectivity index (χ0) is 13.4. The summed E-state index contributed by atoms with van der Waals surface area (Å²) in [5, 5.41) is 13.5. The van der Waals surface area contributed by atoms with Crippen LogP contribution < -0.4 is 0 Å². The van der Waals surface area contributed by atoms with Crippen molar-refractivity contribution >= 4 is 11.3 Å². The van der Waals surface area contributed by atoms with Crippen LogP contribution in [0.5, 0.6) is 0 Å². The molecule has 102 valence electrons. The van der Waals surface area contributed by atoms with Gasteiger partial charge >= 0.3 is 0 Å². The van der Waals surface area contributed by atoms with Gasteiger partial charge in [0.25, 0.3) is 0 Å². The quantitative estimate of drug-likeness (QED) is 0.912. The highest BCUT2D eigenvalue weighted by Gasteiger charge is 2.40. The molecule has 0 atom stereocenters. The molecule has 1 fully saturated rings. The van der Waals surface area contributed by atoms with Crippen molar-refractivity contribution in [3.05, 3.63) is 16.1 Å². The highest BCUT2D eigenvalue weighted by atomic mass is 32.1. The Morgan fingerprint density at radius 1 is 1.44 bits per heavy atom. The van der Waals surface area contributed by atoms with Crippen molar-refractivity contribution in [3.63, 3.8) is 0 Å². The molecule has 1 saturated heterocycles. The van der Waals surface area contributed by atoms with Gasteiger partial charge in [0.2, 0.25) is 0 Å². The Bertz CT molecular complexity index is 402. The van der Waals surface area contributed by atoms with E-state index in [-0.39, 0.29) is 5.41 Å². The van der Waals surface area contributed by atoms with Crippen LogP contribution in [0.25, 0.3) is 0 Å². The lowest BCUT2D eigenvalue weighted by molar-refractivity contribution is -0.107. The maximum absolute atomic E-state index is 10.1. The molecule has 0 aromatic carbocycles. The average Bonchev–Trinajstić information content (AvgIpc) is 2.63. The molecule has 18 heavy (non-hydrogen) atoms. The number of likely N-dealkylation sites (tertiary alicyclic amines) is 1. The lowest BCUT2D eigenvalue weighted by atomic mass is 9.89. The summed E-state index contributed by atoms with van der Waals surface area (Å²) in [6, 6.07) is 0. The molecule has 0 amide bonds. The summed E-state index contributed by atoms with van der Waals surface area (Å²) in [6.45, 7) is 11.2. The number of aromatic nitrogens is 1. The van der Waals surface area contributed by atoms with Crippen LogP contribution in [0.1, 0.15) is 51.2 Å². The summed E-state index contributed by atoms with van der Waals surface area (Å²) in [4.78, 5) is 6.97. The summed E-state index contributed by atoms with van der Waals surface area (Å²) in [6.07, 6.45) is 1.96. The molecule has 1 aromatic rings. The van der Waals surface area contributed by atoms with E-state index in [0.29, 0.717) is 0 Å². The van der Waals surface area contributed by atoms with Gasteiger partial charge in [-0.15, -0.1) is 11.3 Å². The van der Waals surface area contributed by atoms with Crippen molar-refractivity contribution in [2.45, 2.75) is 58.1 Å². The summed E-state index contributed by atoms with van der Waals surface area (Å²) in [5.41, 5.74) is 0.849. The van der Waals surface area contributed by atoms with Gasteiger partial charge in [-0.25, -0.2) is 4.98 Å². The van der Waals surface area contributed by atoms with Gasteiger partial charge in [-0.3, -0.25) is 4.90 Å². The monoisotopic (exact) mass is 268 g/mol. The van der Waals surface area contributed by atoms with Crippen LogP contribution in [0, 0.1) is 0 Å². The Morgan fingerprint density at radius 3 is 2.61 bits per heavy atom. The van der Waals surface area contributed by atoms with Crippen LogP contribution in [0.4, 0.5) is 0 Å². The third-order valence-electron chi connectivity index (χ3n) is 3.33. The van der Waals surface area contributed by atoms with E-state index < -0.39 is 5.60 Å². The third kappa shape index (κ3) is 3.11. The lowest BCUT2D eigenvalue weighted by Gasteiger charge is -2.46. The van der Waals surface area contributed by atoms with Gasteiger partial charge in [-0.05, 0) is 6.42 Å². The van der Waals surface area contributed by atoms with Crippen molar-refractivity contribution < 1.29 is 5.11 Å². The first-order valence-corrected chi connectivity index (χ1v) is 7.60. The molecular weight excluding hydrogens is 244 g/mol. The molecule has 0 spiro atoms. The molecule has 0 radical (unpaired) electrons. The fourth-order valence-electron chi connectivity index (χ4n) is 2.47. The van der Waals surface area contributed by atoms with Crippen LogP contribution in [0.15, 0.2) is 5.38 Å². The molecule has 2 heterocycles. The van der Waals surface area contributed by atoms with E-state index in [9.17, 15) is 5.11 Å². The fraction of sp³-hybridized carbons (Fsp3) is 0.786. The SMILES string of the molecule is CCCC1(O)CN(Cc2csc(C(C)(C)C)n2)C1. The van der Waals surface area contributed by atoms with Crippen molar-refractivity contribution in [2.24, 2.45) is 0 Å². The molecule has 0 unspecified atom stereocenters. The van der Waals surface area contributed by atoms with E-state index in [1.54, 1.807) is 11.3 Å². The molecule has 0 aliphatic carbocycles. The Labute approximate surface area is 114 Å². The molecule has 3 nitrogen and oxygen atoms in total. The number of hydrogen-bond donors (Lipinski definition) is 1. The average molecular weight is 268 g/mol. The highest BCUT2D eigenvalue weighted by molar-refractivity contribution is 7.09. The minimum absolute atomic E-state index is 0.140. The number of aliphatic hydroxyl groups is 1. The predicted octanol–water partition coefficient (Wildman–Crippen LogP) is 2.79. The summed E-state index contributed by atoms with van der Waals surface area (Å²) >= 11 is 1.74. The molecule has 0 bridgehead atoms. The molecule has 1 N–H and O–H groups in total. The number of rotatable bonds is 4. The maximum Gasteiger partial charge on any atom is 0.0982 e. The van der Waals surface area contributed by atoms with Crippen molar-refractivity contribution in [1.29, 1.82) is 0 Å². The highest BCUT2D eigenvalue weighted by Crippen LogP contribution is 2.29. The first-order chi connectivity index (χ1) is 8.32. The van der Waals surface area contributed by atoms with Gasteiger partial charge < -0.3 is 5.11 Å². The van der Waals surface area contributed by atoms with Gasteiger partial charge in [0.15, 0.2) is 0 Å². The van der Waals surface area contributed by atoms with E-state index in [1.165, 1.54) is 5.01 Å². The molecular formula is C14H24N2OS. The standard InChI is InChI=1S/C14H24N2OS/c1-5-6-14(17)9-16(10-14)7-11-8-18-12(15-11)13(2,3)4/h8,17H,5-7,9-10H2,1-4H3. The minimum Gasteiger partial charge on any atom is -0.387 e. The number of hydrogen-bond acceptors (Lipinski definition) is 4. The van der Waals surface area contributed by atoms with Gasteiger partial charge in [-0.2, -0.15) is 0 Å². The van der Waals surface area contributed by atoms with E-state index in [0.717, 1.165) is 38.2 Å². The summed E-state index contributed by atoms with van der Waals surface area (Å²) in [5.74, 6) is 0. The minimum atomic E-state index is -0.433. The Hall–Kier alpha value is -0.450.